The van der Waals surface area contributed by atoms with Crippen molar-refractivity contribution in [3.63, 3.8) is 0 Å². The molecule has 0 amide bonds. The number of para-hydroxylation sites is 1. The molecular formula is C19H16N2O2. The SMILES string of the molecule is NCC(=O)c1cn(C(=O)/C=C/c2ccccc2)c2ccccc12. The van der Waals surface area contributed by atoms with Crippen LogP contribution in [-0.4, -0.2) is 22.8 Å². The Hall–Kier alpha value is -2.98. The first-order valence-electron chi connectivity index (χ1n) is 7.31. The first kappa shape index (κ1) is 14.9. The Labute approximate surface area is 133 Å². The average Bonchev–Trinajstić information content (AvgIpc) is 3.00. The fourth-order valence-corrected chi connectivity index (χ4v) is 2.51. The van der Waals surface area contributed by atoms with Gasteiger partial charge in [-0.1, -0.05) is 48.5 Å². The van der Waals surface area contributed by atoms with E-state index in [4.69, 9.17) is 5.73 Å². The van der Waals surface area contributed by atoms with Crippen LogP contribution >= 0.6 is 0 Å². The number of hydrogen-bond donors (Lipinski definition) is 1. The third-order valence-electron chi connectivity index (χ3n) is 3.65. The Morgan fingerprint density at radius 2 is 1.70 bits per heavy atom. The molecule has 23 heavy (non-hydrogen) atoms. The van der Waals surface area contributed by atoms with E-state index in [0.29, 0.717) is 11.1 Å². The van der Waals surface area contributed by atoms with Crippen molar-refractivity contribution in [1.82, 2.24) is 4.57 Å². The molecule has 0 bridgehead atoms. The molecule has 0 saturated heterocycles. The maximum Gasteiger partial charge on any atom is 0.255 e. The third kappa shape index (κ3) is 2.98. The van der Waals surface area contributed by atoms with Crippen molar-refractivity contribution in [2.24, 2.45) is 5.73 Å². The minimum atomic E-state index is -0.207. The van der Waals surface area contributed by atoms with Crippen molar-refractivity contribution in [2.75, 3.05) is 6.54 Å². The summed E-state index contributed by atoms with van der Waals surface area (Å²) in [4.78, 5) is 24.5. The van der Waals surface area contributed by atoms with E-state index in [1.54, 1.807) is 12.3 Å². The van der Waals surface area contributed by atoms with Crippen molar-refractivity contribution in [3.8, 4) is 0 Å². The van der Waals surface area contributed by atoms with Gasteiger partial charge in [0.05, 0.1) is 12.1 Å². The molecule has 0 unspecified atom stereocenters. The van der Waals surface area contributed by atoms with Crippen LogP contribution in [0.4, 0.5) is 0 Å². The number of nitrogens with zero attached hydrogens (tertiary/aromatic N) is 1. The van der Waals surface area contributed by atoms with Gasteiger partial charge in [-0.05, 0) is 17.7 Å². The molecule has 2 aromatic carbocycles. The second-order valence-corrected chi connectivity index (χ2v) is 5.14. The van der Waals surface area contributed by atoms with Crippen LogP contribution in [0.3, 0.4) is 0 Å². The van der Waals surface area contributed by atoms with Gasteiger partial charge in [0.25, 0.3) is 5.91 Å². The summed E-state index contributed by atoms with van der Waals surface area (Å²) in [5, 5.41) is 0.740. The van der Waals surface area contributed by atoms with Crippen molar-refractivity contribution in [2.45, 2.75) is 0 Å². The van der Waals surface area contributed by atoms with E-state index in [9.17, 15) is 9.59 Å². The van der Waals surface area contributed by atoms with E-state index in [0.717, 1.165) is 10.9 Å². The minimum absolute atomic E-state index is 0.0813. The van der Waals surface area contributed by atoms with Crippen LogP contribution in [0.25, 0.3) is 17.0 Å². The number of hydrogen-bond acceptors (Lipinski definition) is 3. The molecule has 0 aliphatic rings. The summed E-state index contributed by atoms with van der Waals surface area (Å²) in [5.41, 5.74) is 7.58. The summed E-state index contributed by atoms with van der Waals surface area (Å²) in [5.74, 6) is -0.388. The minimum Gasteiger partial charge on any atom is -0.324 e. The molecule has 0 aliphatic carbocycles. The first-order valence-corrected chi connectivity index (χ1v) is 7.31. The predicted octanol–water partition coefficient (Wildman–Crippen LogP) is 3.14. The monoisotopic (exact) mass is 304 g/mol. The van der Waals surface area contributed by atoms with Crippen LogP contribution in [-0.2, 0) is 0 Å². The largest absolute Gasteiger partial charge is 0.324 e. The molecule has 0 aliphatic heterocycles. The number of fused-ring (bicyclic) bond motifs is 1. The highest BCUT2D eigenvalue weighted by molar-refractivity contribution is 6.12. The lowest BCUT2D eigenvalue weighted by molar-refractivity contribution is 0.0974. The Bertz CT molecular complexity index is 892. The number of carbonyl (C=O) groups excluding carboxylic acids is 2. The van der Waals surface area contributed by atoms with Crippen molar-refractivity contribution < 1.29 is 9.59 Å². The lowest BCUT2D eigenvalue weighted by Gasteiger charge is -1.99. The predicted molar refractivity (Wildman–Crippen MR) is 91.4 cm³/mol. The fraction of sp³-hybridized carbons (Fsp3) is 0.0526. The zero-order valence-electron chi connectivity index (χ0n) is 12.5. The topological polar surface area (TPSA) is 65.1 Å². The summed E-state index contributed by atoms with van der Waals surface area (Å²) in [6.07, 6.45) is 4.82. The average molecular weight is 304 g/mol. The Balaban J connectivity index is 2.01. The second-order valence-electron chi connectivity index (χ2n) is 5.14. The standard InChI is InChI=1S/C19H16N2O2/c20-12-18(22)16-13-21(17-9-5-4-8-15(16)17)19(23)11-10-14-6-2-1-3-7-14/h1-11,13H,12,20H2/b11-10+. The number of benzene rings is 2. The Kier molecular flexibility index (Phi) is 4.17. The molecule has 0 radical (unpaired) electrons. The molecule has 114 valence electrons. The van der Waals surface area contributed by atoms with Crippen LogP contribution in [0.5, 0.6) is 0 Å². The van der Waals surface area contributed by atoms with Gasteiger partial charge in [-0.2, -0.15) is 0 Å². The van der Waals surface area contributed by atoms with Gasteiger partial charge in [-0.15, -0.1) is 0 Å². The number of rotatable bonds is 4. The number of aromatic nitrogens is 1. The molecule has 3 rings (SSSR count). The molecule has 1 aromatic heterocycles. The summed E-state index contributed by atoms with van der Waals surface area (Å²) in [6, 6.07) is 16.9. The highest BCUT2D eigenvalue weighted by Crippen LogP contribution is 2.22. The molecule has 0 saturated carbocycles. The van der Waals surface area contributed by atoms with Gasteiger partial charge in [0.2, 0.25) is 0 Å². The van der Waals surface area contributed by atoms with Crippen LogP contribution in [0, 0.1) is 0 Å². The third-order valence-corrected chi connectivity index (χ3v) is 3.65. The molecule has 1 heterocycles. The number of nitrogens with two attached hydrogens (primary N) is 1. The van der Waals surface area contributed by atoms with E-state index in [2.05, 4.69) is 0 Å². The Morgan fingerprint density at radius 1 is 1.00 bits per heavy atom. The number of carbonyl (C=O) groups is 2. The zero-order valence-corrected chi connectivity index (χ0v) is 12.5. The molecule has 0 spiro atoms. The van der Waals surface area contributed by atoms with E-state index >= 15 is 0 Å². The summed E-state index contributed by atoms with van der Waals surface area (Å²) in [7, 11) is 0. The highest BCUT2D eigenvalue weighted by atomic mass is 16.2. The van der Waals surface area contributed by atoms with Crippen LogP contribution in [0.15, 0.2) is 66.9 Å². The van der Waals surface area contributed by atoms with Gasteiger partial charge in [0.1, 0.15) is 0 Å². The van der Waals surface area contributed by atoms with Crippen molar-refractivity contribution in [1.29, 1.82) is 0 Å². The summed E-state index contributed by atoms with van der Waals surface area (Å²) < 4.78 is 1.48. The van der Waals surface area contributed by atoms with Crippen LogP contribution in [0.2, 0.25) is 0 Å². The van der Waals surface area contributed by atoms with Crippen LogP contribution < -0.4 is 5.73 Å². The number of Topliss-reactive ketones (excluding diaryl/α,β-unsaturated/α-hetero) is 1. The smallest absolute Gasteiger partial charge is 0.255 e. The summed E-state index contributed by atoms with van der Waals surface area (Å²) in [6.45, 7) is -0.0813. The molecular weight excluding hydrogens is 288 g/mol. The quantitative estimate of drug-likeness (QED) is 0.595. The van der Waals surface area contributed by atoms with Gasteiger partial charge in [0.15, 0.2) is 5.78 Å². The molecule has 4 nitrogen and oxygen atoms in total. The van der Waals surface area contributed by atoms with Gasteiger partial charge < -0.3 is 5.73 Å². The lowest BCUT2D eigenvalue weighted by Crippen LogP contribution is -2.13. The van der Waals surface area contributed by atoms with Gasteiger partial charge in [-0.3, -0.25) is 14.2 Å². The first-order chi connectivity index (χ1) is 11.2. The van der Waals surface area contributed by atoms with Gasteiger partial charge in [-0.25, -0.2) is 0 Å². The normalized spacial score (nSPS) is 11.2. The fourth-order valence-electron chi connectivity index (χ4n) is 2.51. The molecule has 4 heteroatoms. The zero-order chi connectivity index (χ0) is 16.2. The maximum absolute atomic E-state index is 12.5. The highest BCUT2D eigenvalue weighted by Gasteiger charge is 2.15. The van der Waals surface area contributed by atoms with Crippen molar-refractivity contribution >= 4 is 28.7 Å². The Morgan fingerprint density at radius 3 is 2.43 bits per heavy atom. The molecule has 2 N–H and O–H groups in total. The van der Waals surface area contributed by atoms with E-state index in [-0.39, 0.29) is 18.2 Å². The summed E-state index contributed by atoms with van der Waals surface area (Å²) >= 11 is 0. The molecule has 0 fully saturated rings. The van der Waals surface area contributed by atoms with E-state index < -0.39 is 0 Å². The maximum atomic E-state index is 12.5. The van der Waals surface area contributed by atoms with E-state index in [1.807, 2.05) is 54.6 Å². The number of ketones is 1. The van der Waals surface area contributed by atoms with Gasteiger partial charge >= 0.3 is 0 Å². The van der Waals surface area contributed by atoms with E-state index in [1.165, 1.54) is 10.6 Å². The van der Waals surface area contributed by atoms with Crippen molar-refractivity contribution in [3.05, 3.63) is 78.0 Å². The second kappa shape index (κ2) is 6.42. The molecule has 0 atom stereocenters. The number of allylic oxidation sites excluding steroid dienone is 1. The lowest BCUT2D eigenvalue weighted by atomic mass is 10.1. The molecule has 3 aromatic rings. The van der Waals surface area contributed by atoms with Crippen LogP contribution in [0.1, 0.15) is 20.7 Å². The van der Waals surface area contributed by atoms with Gasteiger partial charge in [0, 0.05) is 23.2 Å².